The summed E-state index contributed by atoms with van der Waals surface area (Å²) in [6.07, 6.45) is 3.37. The highest BCUT2D eigenvalue weighted by Gasteiger charge is 2.13. The van der Waals surface area contributed by atoms with E-state index >= 15 is 0 Å². The molecule has 168 valence electrons. The maximum absolute atomic E-state index is 12.9. The van der Waals surface area contributed by atoms with Gasteiger partial charge in [-0.2, -0.15) is 5.10 Å². The second-order valence-corrected chi connectivity index (χ2v) is 8.16. The predicted molar refractivity (Wildman–Crippen MR) is 120 cm³/mol. The number of pyridine rings is 1. The van der Waals surface area contributed by atoms with E-state index in [-0.39, 0.29) is 12.2 Å². The summed E-state index contributed by atoms with van der Waals surface area (Å²) in [7, 11) is 2.17. The number of likely N-dealkylation sites (N-methyl/N-ethyl adjacent to an activating group) is 1. The molecule has 0 bridgehead atoms. The lowest BCUT2D eigenvalue weighted by Gasteiger charge is -2.32. The Hall–Kier alpha value is -3.10. The molecule has 32 heavy (non-hydrogen) atoms. The van der Waals surface area contributed by atoms with E-state index in [2.05, 4.69) is 51.2 Å². The van der Waals surface area contributed by atoms with Crippen LogP contribution < -0.4 is 10.3 Å². The number of nitrogens with zero attached hydrogens (tertiary/aromatic N) is 5. The van der Waals surface area contributed by atoms with Gasteiger partial charge < -0.3 is 9.64 Å². The normalized spacial score (nSPS) is 15.1. The Labute approximate surface area is 187 Å². The van der Waals surface area contributed by atoms with Gasteiger partial charge in [0.15, 0.2) is 0 Å². The first-order valence-corrected chi connectivity index (χ1v) is 10.8. The number of hydrogen-bond acceptors (Lipinski definition) is 6. The van der Waals surface area contributed by atoms with Gasteiger partial charge in [-0.05, 0) is 36.7 Å². The van der Waals surface area contributed by atoms with Crippen LogP contribution in [-0.4, -0.2) is 57.8 Å². The molecule has 0 amide bonds. The molecule has 3 aromatic rings. The zero-order valence-corrected chi connectivity index (χ0v) is 18.3. The number of rotatable bonds is 8. The van der Waals surface area contributed by atoms with Gasteiger partial charge >= 0.3 is 0 Å². The monoisotopic (exact) mass is 437 g/mol. The molecule has 0 atom stereocenters. The average Bonchev–Trinajstić information content (AvgIpc) is 2.80. The van der Waals surface area contributed by atoms with Crippen LogP contribution in [-0.2, 0) is 26.1 Å². The predicted octanol–water partition coefficient (Wildman–Crippen LogP) is 2.35. The average molecular weight is 438 g/mol. The lowest BCUT2D eigenvalue weighted by molar-refractivity contribution is 0.148. The van der Waals surface area contributed by atoms with Crippen LogP contribution >= 0.6 is 0 Å². The Morgan fingerprint density at radius 3 is 2.44 bits per heavy atom. The van der Waals surface area contributed by atoms with Crippen molar-refractivity contribution in [3.63, 3.8) is 0 Å². The topological polar surface area (TPSA) is 63.5 Å². The van der Waals surface area contributed by atoms with Gasteiger partial charge in [0.05, 0.1) is 18.1 Å². The maximum Gasteiger partial charge on any atom is 0.270 e. The Morgan fingerprint density at radius 1 is 1.00 bits per heavy atom. The molecule has 8 heteroatoms. The van der Waals surface area contributed by atoms with Crippen LogP contribution in [0.3, 0.4) is 0 Å². The van der Waals surface area contributed by atoms with Gasteiger partial charge in [0.25, 0.3) is 5.56 Å². The van der Waals surface area contributed by atoms with Crippen molar-refractivity contribution in [1.29, 1.82) is 0 Å². The minimum atomic E-state index is -0.400. The fraction of sp³-hybridized carbons (Fsp3) is 0.375. The Morgan fingerprint density at radius 2 is 1.75 bits per heavy atom. The first kappa shape index (κ1) is 22.1. The third kappa shape index (κ3) is 6.21. The highest BCUT2D eigenvalue weighted by molar-refractivity contribution is 5.23. The van der Waals surface area contributed by atoms with E-state index in [1.165, 1.54) is 34.1 Å². The maximum atomic E-state index is 12.9. The Kier molecular flexibility index (Phi) is 7.24. The summed E-state index contributed by atoms with van der Waals surface area (Å²) in [6, 6.07) is 12.9. The molecule has 1 aromatic carbocycles. The van der Waals surface area contributed by atoms with Gasteiger partial charge in [0, 0.05) is 45.3 Å². The van der Waals surface area contributed by atoms with Gasteiger partial charge in [0.2, 0.25) is 0 Å². The summed E-state index contributed by atoms with van der Waals surface area (Å²) in [4.78, 5) is 21.1. The molecule has 7 nitrogen and oxygen atoms in total. The fourth-order valence-electron chi connectivity index (χ4n) is 3.62. The van der Waals surface area contributed by atoms with Crippen molar-refractivity contribution in [3.8, 4) is 5.75 Å². The van der Waals surface area contributed by atoms with E-state index in [0.717, 1.165) is 45.3 Å². The minimum Gasteiger partial charge on any atom is -0.485 e. The van der Waals surface area contributed by atoms with Crippen molar-refractivity contribution in [3.05, 3.63) is 87.9 Å². The number of halogens is 1. The van der Waals surface area contributed by atoms with Crippen molar-refractivity contribution in [2.75, 3.05) is 33.2 Å². The molecule has 4 rings (SSSR count). The second kappa shape index (κ2) is 10.5. The molecule has 0 saturated carbocycles. The van der Waals surface area contributed by atoms with Crippen molar-refractivity contribution in [2.24, 2.45) is 0 Å². The molecule has 0 unspecified atom stereocenters. The van der Waals surface area contributed by atoms with E-state index in [1.54, 1.807) is 6.07 Å². The molecule has 0 spiro atoms. The molecule has 3 heterocycles. The quantitative estimate of drug-likeness (QED) is 0.539. The van der Waals surface area contributed by atoms with Gasteiger partial charge in [-0.25, -0.2) is 9.07 Å². The third-order valence-electron chi connectivity index (χ3n) is 5.66. The van der Waals surface area contributed by atoms with Gasteiger partial charge in [0.1, 0.15) is 18.2 Å². The summed E-state index contributed by atoms with van der Waals surface area (Å²) in [5.41, 5.74) is 2.84. The molecular formula is C24H28FN5O2. The van der Waals surface area contributed by atoms with Gasteiger partial charge in [-0.1, -0.05) is 24.3 Å². The van der Waals surface area contributed by atoms with Crippen LogP contribution in [0, 0.1) is 5.82 Å². The molecule has 1 aliphatic heterocycles. The largest absolute Gasteiger partial charge is 0.485 e. The molecule has 0 radical (unpaired) electrons. The minimum absolute atomic E-state index is 0.145. The zero-order chi connectivity index (χ0) is 22.3. The first-order chi connectivity index (χ1) is 15.5. The summed E-state index contributed by atoms with van der Waals surface area (Å²) in [5, 5.41) is 4.21. The van der Waals surface area contributed by atoms with Crippen molar-refractivity contribution < 1.29 is 9.13 Å². The Bertz CT molecular complexity index is 1060. The molecule has 2 aromatic heterocycles. The van der Waals surface area contributed by atoms with Crippen molar-refractivity contribution in [2.45, 2.75) is 26.1 Å². The highest BCUT2D eigenvalue weighted by atomic mass is 19.1. The van der Waals surface area contributed by atoms with Crippen LogP contribution in [0.5, 0.6) is 5.75 Å². The molecule has 1 saturated heterocycles. The summed E-state index contributed by atoms with van der Waals surface area (Å²) < 4.78 is 19.9. The zero-order valence-electron chi connectivity index (χ0n) is 18.3. The molecule has 0 N–H and O–H groups in total. The molecule has 1 aliphatic rings. The van der Waals surface area contributed by atoms with E-state index in [1.807, 2.05) is 0 Å². The standard InChI is InChI=1S/C24H28FN5O2/c1-28-10-12-29(13-11-28)17-20-4-2-19(3-5-20)8-9-30-24(31)14-23(16-27-30)32-18-22-7-6-21(25)15-26-22/h2-7,14-16H,8-13,17-18H2,1H3. The Balaban J connectivity index is 1.27. The summed E-state index contributed by atoms with van der Waals surface area (Å²) in [6.45, 7) is 6.06. The SMILES string of the molecule is CN1CCN(Cc2ccc(CCn3ncc(OCc4ccc(F)cn4)cc3=O)cc2)CC1. The highest BCUT2D eigenvalue weighted by Crippen LogP contribution is 2.11. The van der Waals surface area contributed by atoms with Crippen molar-refractivity contribution in [1.82, 2.24) is 24.6 Å². The summed E-state index contributed by atoms with van der Waals surface area (Å²) in [5.74, 6) is -0.0340. The number of aromatic nitrogens is 3. The number of aryl methyl sites for hydroxylation is 2. The summed E-state index contributed by atoms with van der Waals surface area (Å²) >= 11 is 0. The van der Waals surface area contributed by atoms with E-state index in [4.69, 9.17) is 4.74 Å². The number of piperazine rings is 1. The second-order valence-electron chi connectivity index (χ2n) is 8.16. The lowest BCUT2D eigenvalue weighted by atomic mass is 10.1. The fourth-order valence-corrected chi connectivity index (χ4v) is 3.62. The van der Waals surface area contributed by atoms with Crippen LogP contribution in [0.2, 0.25) is 0 Å². The van der Waals surface area contributed by atoms with Crippen molar-refractivity contribution >= 4 is 0 Å². The number of ether oxygens (including phenoxy) is 1. The van der Waals surface area contributed by atoms with Crippen LogP contribution in [0.4, 0.5) is 4.39 Å². The van der Waals surface area contributed by atoms with Crippen LogP contribution in [0.1, 0.15) is 16.8 Å². The number of hydrogen-bond donors (Lipinski definition) is 0. The third-order valence-corrected chi connectivity index (χ3v) is 5.66. The van der Waals surface area contributed by atoms with E-state index < -0.39 is 5.82 Å². The number of benzene rings is 1. The van der Waals surface area contributed by atoms with E-state index in [9.17, 15) is 9.18 Å². The molecular weight excluding hydrogens is 409 g/mol. The molecule has 0 aliphatic carbocycles. The van der Waals surface area contributed by atoms with Gasteiger partial charge in [-0.15, -0.1) is 0 Å². The smallest absolute Gasteiger partial charge is 0.270 e. The molecule has 1 fully saturated rings. The van der Waals surface area contributed by atoms with Crippen LogP contribution in [0.15, 0.2) is 59.7 Å². The van der Waals surface area contributed by atoms with Gasteiger partial charge in [-0.3, -0.25) is 14.7 Å². The first-order valence-electron chi connectivity index (χ1n) is 10.8. The van der Waals surface area contributed by atoms with E-state index in [0.29, 0.717) is 18.0 Å². The lowest BCUT2D eigenvalue weighted by Crippen LogP contribution is -2.43. The van der Waals surface area contributed by atoms with Crippen LogP contribution in [0.25, 0.3) is 0 Å².